The minimum absolute atomic E-state index is 0.470. The van der Waals surface area contributed by atoms with E-state index in [-0.39, 0.29) is 0 Å². The molecule has 2 rings (SSSR count). The van der Waals surface area contributed by atoms with E-state index >= 15 is 0 Å². The summed E-state index contributed by atoms with van der Waals surface area (Å²) in [4.78, 5) is 4.43. The lowest BCUT2D eigenvalue weighted by molar-refractivity contribution is 0.833. The molecule has 0 bridgehead atoms. The molecular formula is C16H16ClN. The highest BCUT2D eigenvalue weighted by Gasteiger charge is 2.06. The Morgan fingerprint density at radius 2 is 1.83 bits per heavy atom. The van der Waals surface area contributed by atoms with Crippen molar-refractivity contribution in [2.45, 2.75) is 13.8 Å². The summed E-state index contributed by atoms with van der Waals surface area (Å²) in [6.07, 6.45) is 4.05. The lowest BCUT2D eigenvalue weighted by Gasteiger charge is -2.09. The van der Waals surface area contributed by atoms with E-state index in [1.807, 2.05) is 48.7 Å². The fourth-order valence-corrected chi connectivity index (χ4v) is 1.94. The Hall–Kier alpha value is -1.60. The third-order valence-corrected chi connectivity index (χ3v) is 2.85. The summed E-state index contributed by atoms with van der Waals surface area (Å²) < 4.78 is 0. The minimum atomic E-state index is 0.470. The molecule has 0 saturated carbocycles. The van der Waals surface area contributed by atoms with Crippen molar-refractivity contribution in [3.8, 4) is 0 Å². The van der Waals surface area contributed by atoms with Gasteiger partial charge in [-0.1, -0.05) is 49.7 Å². The monoisotopic (exact) mass is 257 g/mol. The molecule has 1 nitrogen and oxygen atoms in total. The molecule has 0 amide bonds. The topological polar surface area (TPSA) is 12.9 Å². The maximum absolute atomic E-state index is 5.93. The molecule has 1 heterocycles. The third kappa shape index (κ3) is 3.21. The van der Waals surface area contributed by atoms with Gasteiger partial charge in [-0.05, 0) is 35.7 Å². The Balaban J connectivity index is 2.47. The number of halogens is 1. The van der Waals surface area contributed by atoms with Crippen molar-refractivity contribution < 1.29 is 0 Å². The van der Waals surface area contributed by atoms with Gasteiger partial charge in [-0.2, -0.15) is 0 Å². The van der Waals surface area contributed by atoms with Gasteiger partial charge in [-0.15, -0.1) is 0 Å². The van der Waals surface area contributed by atoms with Crippen LogP contribution in [-0.4, -0.2) is 4.98 Å². The quantitative estimate of drug-likeness (QED) is 0.768. The number of nitrogens with zero attached hydrogens (tertiary/aromatic N) is 1. The molecule has 0 saturated heterocycles. The lowest BCUT2D eigenvalue weighted by Crippen LogP contribution is -1.93. The van der Waals surface area contributed by atoms with Crippen molar-refractivity contribution in [1.29, 1.82) is 0 Å². The maximum Gasteiger partial charge on any atom is 0.0704 e. The largest absolute Gasteiger partial charge is 0.256 e. The van der Waals surface area contributed by atoms with Gasteiger partial charge < -0.3 is 0 Å². The molecule has 0 aliphatic carbocycles. The summed E-state index contributed by atoms with van der Waals surface area (Å²) in [5.41, 5.74) is 3.29. The number of hydrogen-bond donors (Lipinski definition) is 0. The fourth-order valence-electron chi connectivity index (χ4n) is 1.81. The van der Waals surface area contributed by atoms with Crippen LogP contribution in [0.2, 0.25) is 5.02 Å². The van der Waals surface area contributed by atoms with Crippen molar-refractivity contribution in [3.63, 3.8) is 0 Å². The highest BCUT2D eigenvalue weighted by molar-refractivity contribution is 6.30. The van der Waals surface area contributed by atoms with Gasteiger partial charge in [0.05, 0.1) is 5.69 Å². The first-order valence-corrected chi connectivity index (χ1v) is 6.44. The van der Waals surface area contributed by atoms with Gasteiger partial charge in [-0.3, -0.25) is 4.98 Å². The highest BCUT2D eigenvalue weighted by atomic mass is 35.5. The number of rotatable bonds is 3. The van der Waals surface area contributed by atoms with Gasteiger partial charge in [0.1, 0.15) is 0 Å². The van der Waals surface area contributed by atoms with Gasteiger partial charge in [0.25, 0.3) is 0 Å². The summed E-state index contributed by atoms with van der Waals surface area (Å²) in [5, 5.41) is 0.753. The lowest BCUT2D eigenvalue weighted by atomic mass is 9.98. The van der Waals surface area contributed by atoms with E-state index in [0.29, 0.717) is 5.92 Å². The van der Waals surface area contributed by atoms with E-state index in [1.54, 1.807) is 0 Å². The van der Waals surface area contributed by atoms with Crippen LogP contribution in [0.15, 0.2) is 54.7 Å². The Morgan fingerprint density at radius 1 is 1.11 bits per heavy atom. The van der Waals surface area contributed by atoms with Gasteiger partial charge in [0, 0.05) is 16.8 Å². The Morgan fingerprint density at radius 3 is 2.39 bits per heavy atom. The number of benzene rings is 1. The summed E-state index contributed by atoms with van der Waals surface area (Å²) in [5.74, 6) is 0.470. The zero-order chi connectivity index (χ0) is 13.0. The summed E-state index contributed by atoms with van der Waals surface area (Å²) in [7, 11) is 0. The Labute approximate surface area is 113 Å². The molecule has 0 radical (unpaired) electrons. The predicted molar refractivity (Wildman–Crippen MR) is 77.6 cm³/mol. The molecule has 0 aliphatic rings. The van der Waals surface area contributed by atoms with E-state index in [1.165, 1.54) is 0 Å². The number of aromatic nitrogens is 1. The zero-order valence-corrected chi connectivity index (χ0v) is 11.4. The standard InChI is InChI=1S/C16H16ClN/c1-12(2)11-15(16-5-3-4-10-18-16)13-6-8-14(17)9-7-13/h3-12H,1-2H3/b15-11+. The SMILES string of the molecule is CC(C)/C=C(\c1ccc(Cl)cc1)c1ccccn1. The van der Waals surface area contributed by atoms with Crippen LogP contribution in [0, 0.1) is 5.92 Å². The Kier molecular flexibility index (Phi) is 4.16. The van der Waals surface area contributed by atoms with Crippen LogP contribution in [0.5, 0.6) is 0 Å². The smallest absolute Gasteiger partial charge is 0.0704 e. The highest BCUT2D eigenvalue weighted by Crippen LogP contribution is 2.24. The molecule has 18 heavy (non-hydrogen) atoms. The van der Waals surface area contributed by atoms with Crippen LogP contribution >= 0.6 is 11.6 Å². The van der Waals surface area contributed by atoms with Crippen LogP contribution in [-0.2, 0) is 0 Å². The fraction of sp³-hybridized carbons (Fsp3) is 0.188. The second kappa shape index (κ2) is 5.83. The molecule has 0 fully saturated rings. The van der Waals surface area contributed by atoms with Crippen molar-refractivity contribution >= 4 is 17.2 Å². The van der Waals surface area contributed by atoms with Crippen molar-refractivity contribution in [2.24, 2.45) is 5.92 Å². The first-order valence-electron chi connectivity index (χ1n) is 6.06. The summed E-state index contributed by atoms with van der Waals surface area (Å²) in [6, 6.07) is 13.9. The third-order valence-electron chi connectivity index (χ3n) is 2.60. The Bertz CT molecular complexity index is 527. The molecule has 2 aromatic rings. The van der Waals surface area contributed by atoms with Crippen molar-refractivity contribution in [1.82, 2.24) is 4.98 Å². The molecule has 0 spiro atoms. The van der Waals surface area contributed by atoms with E-state index in [9.17, 15) is 0 Å². The summed E-state index contributed by atoms with van der Waals surface area (Å²) >= 11 is 5.93. The molecule has 0 unspecified atom stereocenters. The van der Waals surface area contributed by atoms with Gasteiger partial charge in [0.15, 0.2) is 0 Å². The normalized spacial score (nSPS) is 11.9. The van der Waals surface area contributed by atoms with Gasteiger partial charge >= 0.3 is 0 Å². The molecule has 0 aliphatic heterocycles. The van der Waals surface area contributed by atoms with E-state index < -0.39 is 0 Å². The van der Waals surface area contributed by atoms with Crippen LogP contribution in [0.3, 0.4) is 0 Å². The van der Waals surface area contributed by atoms with E-state index in [0.717, 1.165) is 21.9 Å². The molecule has 92 valence electrons. The second-order valence-electron chi connectivity index (χ2n) is 4.55. The predicted octanol–water partition coefficient (Wildman–Crippen LogP) is 4.82. The van der Waals surface area contributed by atoms with Crippen molar-refractivity contribution in [3.05, 3.63) is 71.0 Å². The summed E-state index contributed by atoms with van der Waals surface area (Å²) in [6.45, 7) is 4.33. The van der Waals surface area contributed by atoms with Gasteiger partial charge in [-0.25, -0.2) is 0 Å². The first kappa shape index (κ1) is 12.8. The van der Waals surface area contributed by atoms with Crippen LogP contribution in [0.4, 0.5) is 0 Å². The van der Waals surface area contributed by atoms with Crippen molar-refractivity contribution in [2.75, 3.05) is 0 Å². The van der Waals surface area contributed by atoms with E-state index in [2.05, 4.69) is 24.9 Å². The minimum Gasteiger partial charge on any atom is -0.256 e. The second-order valence-corrected chi connectivity index (χ2v) is 4.98. The van der Waals surface area contributed by atoms with E-state index in [4.69, 9.17) is 11.6 Å². The van der Waals surface area contributed by atoms with Crippen LogP contribution in [0.1, 0.15) is 25.1 Å². The first-order chi connectivity index (χ1) is 8.66. The molecule has 0 atom stereocenters. The number of hydrogen-bond acceptors (Lipinski definition) is 1. The maximum atomic E-state index is 5.93. The van der Waals surface area contributed by atoms with Gasteiger partial charge in [0.2, 0.25) is 0 Å². The molecular weight excluding hydrogens is 242 g/mol. The molecule has 1 aromatic heterocycles. The molecule has 2 heteroatoms. The molecule has 1 aromatic carbocycles. The average Bonchev–Trinajstić information content (AvgIpc) is 2.38. The zero-order valence-electron chi connectivity index (χ0n) is 10.6. The van der Waals surface area contributed by atoms with Crippen LogP contribution in [0.25, 0.3) is 5.57 Å². The number of allylic oxidation sites excluding steroid dienone is 1. The molecule has 0 N–H and O–H groups in total. The average molecular weight is 258 g/mol. The van der Waals surface area contributed by atoms with Crippen LogP contribution < -0.4 is 0 Å². The number of pyridine rings is 1.